The highest BCUT2D eigenvalue weighted by Crippen LogP contribution is 2.61. The van der Waals surface area contributed by atoms with Crippen molar-refractivity contribution in [3.8, 4) is 0 Å². The van der Waals surface area contributed by atoms with Crippen molar-refractivity contribution < 1.29 is 14.6 Å². The summed E-state index contributed by atoms with van der Waals surface area (Å²) in [6.07, 6.45) is 6.31. The zero-order valence-corrected chi connectivity index (χ0v) is 11.0. The van der Waals surface area contributed by atoms with E-state index in [0.717, 1.165) is 17.7 Å². The van der Waals surface area contributed by atoms with Crippen LogP contribution in [-0.2, 0) is 21.6 Å². The number of benzene rings is 1. The number of aryl methyl sites for hydroxylation is 1. The van der Waals surface area contributed by atoms with Crippen LogP contribution in [0, 0.1) is 5.92 Å². The number of carbonyl (C=O) groups is 1. The van der Waals surface area contributed by atoms with Gasteiger partial charge in [-0.3, -0.25) is 9.69 Å². The summed E-state index contributed by atoms with van der Waals surface area (Å²) in [4.78, 5) is 14.2. The van der Waals surface area contributed by atoms with Crippen LogP contribution in [-0.4, -0.2) is 16.7 Å². The molecule has 1 fully saturated rings. The summed E-state index contributed by atoms with van der Waals surface area (Å²) in [6.45, 7) is 0. The maximum atomic E-state index is 12.4. The lowest BCUT2D eigenvalue weighted by molar-refractivity contribution is -0.124. The lowest BCUT2D eigenvalue weighted by Gasteiger charge is -2.50. The molecule has 4 aliphatic rings. The van der Waals surface area contributed by atoms with Gasteiger partial charge in [-0.1, -0.05) is 12.1 Å². The Kier molecular flexibility index (Phi) is 1.69. The molecule has 5 rings (SSSR count). The van der Waals surface area contributed by atoms with E-state index in [0.29, 0.717) is 19.3 Å². The summed E-state index contributed by atoms with van der Waals surface area (Å²) in [6, 6.07) is 5.98. The van der Waals surface area contributed by atoms with E-state index in [1.165, 1.54) is 5.56 Å². The predicted octanol–water partition coefficient (Wildman–Crippen LogP) is 1.82. The molecular formula is C16H15NO3. The van der Waals surface area contributed by atoms with Crippen molar-refractivity contribution in [3.05, 3.63) is 41.7 Å². The second-order valence-electron chi connectivity index (χ2n) is 6.23. The Morgan fingerprint density at radius 3 is 3.10 bits per heavy atom. The Morgan fingerprint density at radius 2 is 2.20 bits per heavy atom. The van der Waals surface area contributed by atoms with Crippen molar-refractivity contribution in [3.63, 3.8) is 0 Å². The summed E-state index contributed by atoms with van der Waals surface area (Å²) < 4.78 is 5.88. The van der Waals surface area contributed by atoms with E-state index in [1.54, 1.807) is 11.2 Å². The number of hydrogen-bond acceptors (Lipinski definition) is 3. The van der Waals surface area contributed by atoms with Crippen LogP contribution in [0.2, 0.25) is 0 Å². The van der Waals surface area contributed by atoms with Crippen LogP contribution in [0.5, 0.6) is 0 Å². The Hall–Kier alpha value is -1.81. The average molecular weight is 269 g/mol. The average Bonchev–Trinajstić information content (AvgIpc) is 3.10. The number of carbonyl (C=O) groups excluding carboxylic acids is 1. The number of fused-ring (bicyclic) bond motifs is 2. The van der Waals surface area contributed by atoms with Gasteiger partial charge in [-0.05, 0) is 30.5 Å². The number of hydrogen-bond donors (Lipinski definition) is 1. The molecule has 3 aliphatic heterocycles. The highest BCUT2D eigenvalue weighted by Gasteiger charge is 2.66. The van der Waals surface area contributed by atoms with Crippen LogP contribution >= 0.6 is 0 Å². The molecule has 0 unspecified atom stereocenters. The van der Waals surface area contributed by atoms with E-state index in [2.05, 4.69) is 6.07 Å². The predicted molar refractivity (Wildman–Crippen MR) is 71.8 cm³/mol. The van der Waals surface area contributed by atoms with E-state index in [9.17, 15) is 9.90 Å². The molecule has 1 amide bonds. The maximum absolute atomic E-state index is 12.4. The van der Waals surface area contributed by atoms with Crippen molar-refractivity contribution in [1.29, 1.82) is 0 Å². The number of rotatable bonds is 0. The van der Waals surface area contributed by atoms with Crippen LogP contribution in [0.25, 0.3) is 0 Å². The molecule has 4 heteroatoms. The van der Waals surface area contributed by atoms with Gasteiger partial charge in [0.15, 0.2) is 5.72 Å². The molecule has 3 atom stereocenters. The number of aliphatic hydroxyl groups is 1. The number of anilines is 1. The smallest absolute Gasteiger partial charge is 0.230 e. The molecule has 1 aliphatic carbocycles. The molecule has 20 heavy (non-hydrogen) atoms. The fraction of sp³-hybridized carbons (Fsp3) is 0.438. The first-order chi connectivity index (χ1) is 9.67. The molecule has 102 valence electrons. The van der Waals surface area contributed by atoms with Gasteiger partial charge in [0.2, 0.25) is 5.91 Å². The van der Waals surface area contributed by atoms with Gasteiger partial charge in [0.1, 0.15) is 5.60 Å². The largest absolute Gasteiger partial charge is 0.475 e. The zero-order chi connectivity index (χ0) is 13.5. The summed E-state index contributed by atoms with van der Waals surface area (Å²) in [5.41, 5.74) is 1.39. The normalized spacial score (nSPS) is 39.5. The van der Waals surface area contributed by atoms with E-state index in [4.69, 9.17) is 4.74 Å². The third kappa shape index (κ3) is 0.936. The van der Waals surface area contributed by atoms with Crippen LogP contribution in [0.1, 0.15) is 30.4 Å². The minimum Gasteiger partial charge on any atom is -0.475 e. The number of ether oxygens (including phenoxy) is 1. The lowest BCUT2D eigenvalue weighted by Crippen LogP contribution is -2.60. The van der Waals surface area contributed by atoms with Crippen LogP contribution in [0.3, 0.4) is 0 Å². The minimum atomic E-state index is -0.889. The number of nitrogens with zero attached hydrogens (tertiary/aromatic N) is 1. The second kappa shape index (κ2) is 3.09. The van der Waals surface area contributed by atoms with E-state index in [1.807, 2.05) is 18.2 Å². The van der Waals surface area contributed by atoms with Gasteiger partial charge in [-0.2, -0.15) is 0 Å². The molecule has 1 spiro atoms. The van der Waals surface area contributed by atoms with Crippen molar-refractivity contribution >= 4 is 11.6 Å². The Bertz CT molecular complexity index is 682. The first-order valence-corrected chi connectivity index (χ1v) is 7.19. The lowest BCUT2D eigenvalue weighted by atomic mass is 9.72. The quantitative estimate of drug-likeness (QED) is 0.781. The van der Waals surface area contributed by atoms with Crippen LogP contribution in [0.4, 0.5) is 5.69 Å². The zero-order valence-electron chi connectivity index (χ0n) is 11.0. The Morgan fingerprint density at radius 1 is 1.30 bits per heavy atom. The summed E-state index contributed by atoms with van der Waals surface area (Å²) in [5.74, 6) is -0.0568. The highest BCUT2D eigenvalue weighted by molar-refractivity contribution is 5.99. The van der Waals surface area contributed by atoms with Crippen molar-refractivity contribution in [1.82, 2.24) is 0 Å². The van der Waals surface area contributed by atoms with Gasteiger partial charge < -0.3 is 9.84 Å². The van der Waals surface area contributed by atoms with Crippen molar-refractivity contribution in [2.24, 2.45) is 5.92 Å². The van der Waals surface area contributed by atoms with Gasteiger partial charge in [0.25, 0.3) is 0 Å². The molecule has 1 aromatic carbocycles. The Labute approximate surface area is 116 Å². The van der Waals surface area contributed by atoms with Gasteiger partial charge >= 0.3 is 0 Å². The molecule has 3 heterocycles. The molecule has 1 aromatic rings. The summed E-state index contributed by atoms with van der Waals surface area (Å²) in [5, 5.41) is 11.3. The maximum Gasteiger partial charge on any atom is 0.230 e. The first kappa shape index (κ1) is 10.9. The molecule has 1 saturated heterocycles. The van der Waals surface area contributed by atoms with Crippen LogP contribution < -0.4 is 4.90 Å². The fourth-order valence-corrected chi connectivity index (χ4v) is 4.70. The van der Waals surface area contributed by atoms with Gasteiger partial charge in [-0.15, -0.1) is 0 Å². The monoisotopic (exact) mass is 269 g/mol. The van der Waals surface area contributed by atoms with E-state index < -0.39 is 11.3 Å². The van der Waals surface area contributed by atoms with E-state index in [-0.39, 0.29) is 11.8 Å². The summed E-state index contributed by atoms with van der Waals surface area (Å²) in [7, 11) is 0. The SMILES string of the molecule is O=C1CC[C@]23OC=C[C@H]2[C@@]2(O)CCc4cccc(c42)N13. The van der Waals surface area contributed by atoms with Crippen LogP contribution in [0.15, 0.2) is 30.5 Å². The molecule has 4 nitrogen and oxygen atoms in total. The summed E-state index contributed by atoms with van der Waals surface area (Å²) >= 11 is 0. The molecule has 0 saturated carbocycles. The molecule has 1 N–H and O–H groups in total. The molecule has 0 aromatic heterocycles. The van der Waals surface area contributed by atoms with Gasteiger partial charge in [0.05, 0.1) is 17.9 Å². The van der Waals surface area contributed by atoms with Gasteiger partial charge in [-0.25, -0.2) is 0 Å². The fourth-order valence-electron chi connectivity index (χ4n) is 4.70. The third-order valence-corrected chi connectivity index (χ3v) is 5.45. The highest BCUT2D eigenvalue weighted by atomic mass is 16.5. The standard InChI is InChI=1S/C16H15NO3/c18-13-5-8-16-12(6-9-20-16)15(19)7-4-10-2-1-3-11(14(10)15)17(13)16/h1-3,6,9,12,19H,4-5,7-8H2/t12-,15-,16-/m0/s1. The molecular weight excluding hydrogens is 254 g/mol. The number of amides is 1. The Balaban J connectivity index is 1.88. The van der Waals surface area contributed by atoms with Gasteiger partial charge in [0, 0.05) is 18.4 Å². The minimum absolute atomic E-state index is 0.0982. The van der Waals surface area contributed by atoms with Crippen molar-refractivity contribution in [2.45, 2.75) is 37.0 Å². The molecule has 0 bridgehead atoms. The first-order valence-electron chi connectivity index (χ1n) is 7.19. The van der Waals surface area contributed by atoms with E-state index >= 15 is 0 Å². The third-order valence-electron chi connectivity index (χ3n) is 5.45. The second-order valence-corrected chi connectivity index (χ2v) is 6.23. The topological polar surface area (TPSA) is 49.8 Å². The molecule has 0 radical (unpaired) electrons. The van der Waals surface area contributed by atoms with Crippen molar-refractivity contribution in [2.75, 3.05) is 4.90 Å².